The van der Waals surface area contributed by atoms with Gasteiger partial charge in [-0.3, -0.25) is 4.79 Å². The van der Waals surface area contributed by atoms with Gasteiger partial charge in [0, 0.05) is 62.8 Å². The highest BCUT2D eigenvalue weighted by Gasteiger charge is 2.25. The second-order valence-electron chi connectivity index (χ2n) is 7.33. The van der Waals surface area contributed by atoms with Crippen LogP contribution in [0.15, 0.2) is 30.7 Å². The van der Waals surface area contributed by atoms with E-state index in [0.29, 0.717) is 18.0 Å². The van der Waals surface area contributed by atoms with Crippen molar-refractivity contribution >= 4 is 11.7 Å². The Bertz CT molecular complexity index is 756. The number of nitrogens with one attached hydrogen (secondary N) is 1. The van der Waals surface area contributed by atoms with E-state index >= 15 is 0 Å². The first-order chi connectivity index (χ1) is 13.1. The third kappa shape index (κ3) is 4.86. The molecule has 0 saturated carbocycles. The van der Waals surface area contributed by atoms with Crippen LogP contribution in [0.2, 0.25) is 0 Å². The summed E-state index contributed by atoms with van der Waals surface area (Å²) in [6.45, 7) is 6.33. The maximum atomic E-state index is 12.1. The predicted molar refractivity (Wildman–Crippen MR) is 107 cm³/mol. The topological polar surface area (TPSA) is 66.3 Å². The zero-order valence-electron chi connectivity index (χ0n) is 16.6. The highest BCUT2D eigenvalue weighted by molar-refractivity contribution is 5.94. The molecule has 0 aliphatic carbocycles. The lowest BCUT2D eigenvalue weighted by Gasteiger charge is -2.33. The van der Waals surface area contributed by atoms with Crippen molar-refractivity contribution in [3.8, 4) is 0 Å². The minimum absolute atomic E-state index is 0.0473. The Morgan fingerprint density at radius 2 is 2.19 bits per heavy atom. The molecule has 1 atom stereocenters. The van der Waals surface area contributed by atoms with Gasteiger partial charge >= 0.3 is 0 Å². The molecule has 27 heavy (non-hydrogen) atoms. The fourth-order valence-electron chi connectivity index (χ4n) is 3.57. The van der Waals surface area contributed by atoms with Crippen molar-refractivity contribution in [2.75, 3.05) is 45.2 Å². The van der Waals surface area contributed by atoms with E-state index in [9.17, 15) is 4.79 Å². The molecule has 0 spiro atoms. The SMILES string of the molecule is CCNC(=O)c1ccnc(N2CCC[C@@H](c3nccn3CCN(C)C)C2)c1. The van der Waals surface area contributed by atoms with E-state index in [2.05, 4.69) is 49.9 Å². The van der Waals surface area contributed by atoms with Gasteiger partial charge in [0.2, 0.25) is 0 Å². The van der Waals surface area contributed by atoms with E-state index in [4.69, 9.17) is 0 Å². The zero-order valence-corrected chi connectivity index (χ0v) is 16.6. The highest BCUT2D eigenvalue weighted by Crippen LogP contribution is 2.28. The van der Waals surface area contributed by atoms with Gasteiger partial charge in [0.05, 0.1) is 0 Å². The van der Waals surface area contributed by atoms with Gasteiger partial charge in [-0.15, -0.1) is 0 Å². The molecule has 1 amide bonds. The average molecular weight is 371 g/mol. The Hall–Kier alpha value is -2.41. The number of aromatic nitrogens is 3. The largest absolute Gasteiger partial charge is 0.356 e. The first-order valence-corrected chi connectivity index (χ1v) is 9.73. The van der Waals surface area contributed by atoms with Crippen molar-refractivity contribution in [2.24, 2.45) is 0 Å². The van der Waals surface area contributed by atoms with Crippen molar-refractivity contribution in [2.45, 2.75) is 32.2 Å². The van der Waals surface area contributed by atoms with Crippen LogP contribution in [-0.2, 0) is 6.54 Å². The van der Waals surface area contributed by atoms with Crippen LogP contribution >= 0.6 is 0 Å². The molecule has 1 aliphatic heterocycles. The number of carbonyl (C=O) groups is 1. The molecule has 2 aromatic heterocycles. The fraction of sp³-hybridized carbons (Fsp3) is 0.550. The standard InChI is InChI=1S/C20H30N6O/c1-4-21-20(27)16-7-8-22-18(14-16)26-10-5-6-17(15-26)19-23-9-11-25(19)13-12-24(2)3/h7-9,11,14,17H,4-6,10,12-13,15H2,1-3H3,(H,21,27)/t17-/m1/s1. The molecular weight excluding hydrogens is 340 g/mol. The molecule has 0 unspecified atom stereocenters. The summed E-state index contributed by atoms with van der Waals surface area (Å²) in [5.41, 5.74) is 0.663. The Balaban J connectivity index is 1.73. The molecule has 7 heteroatoms. The quantitative estimate of drug-likeness (QED) is 0.807. The summed E-state index contributed by atoms with van der Waals surface area (Å²) in [6, 6.07) is 3.66. The van der Waals surface area contributed by atoms with Crippen LogP contribution in [0.1, 0.15) is 41.9 Å². The molecule has 0 bridgehead atoms. The molecular formula is C20H30N6O. The van der Waals surface area contributed by atoms with E-state index in [1.54, 1.807) is 12.3 Å². The van der Waals surface area contributed by atoms with Crippen molar-refractivity contribution in [3.05, 3.63) is 42.1 Å². The summed E-state index contributed by atoms with van der Waals surface area (Å²) in [4.78, 5) is 25.8. The second-order valence-corrected chi connectivity index (χ2v) is 7.33. The number of nitrogens with zero attached hydrogens (tertiary/aromatic N) is 5. The summed E-state index contributed by atoms with van der Waals surface area (Å²) in [6.07, 6.45) is 7.93. The van der Waals surface area contributed by atoms with Gasteiger partial charge in [0.25, 0.3) is 5.91 Å². The zero-order chi connectivity index (χ0) is 19.2. The van der Waals surface area contributed by atoms with Crippen LogP contribution in [0, 0.1) is 0 Å². The van der Waals surface area contributed by atoms with Crippen LogP contribution < -0.4 is 10.2 Å². The van der Waals surface area contributed by atoms with Gasteiger partial charge in [-0.05, 0) is 46.0 Å². The summed E-state index contributed by atoms with van der Waals surface area (Å²) in [5, 5.41) is 2.85. The van der Waals surface area contributed by atoms with E-state index in [1.165, 1.54) is 0 Å². The fourth-order valence-corrected chi connectivity index (χ4v) is 3.57. The van der Waals surface area contributed by atoms with Crippen LogP contribution in [0.3, 0.4) is 0 Å². The normalized spacial score (nSPS) is 17.3. The molecule has 146 valence electrons. The predicted octanol–water partition coefficient (Wildman–Crippen LogP) is 1.97. The lowest BCUT2D eigenvalue weighted by atomic mass is 9.97. The van der Waals surface area contributed by atoms with Gasteiger partial charge in [0.15, 0.2) is 0 Å². The Morgan fingerprint density at radius 1 is 1.33 bits per heavy atom. The number of hydrogen-bond acceptors (Lipinski definition) is 5. The molecule has 7 nitrogen and oxygen atoms in total. The van der Waals surface area contributed by atoms with Crippen LogP contribution in [-0.4, -0.2) is 65.6 Å². The summed E-state index contributed by atoms with van der Waals surface area (Å²) >= 11 is 0. The van der Waals surface area contributed by atoms with Gasteiger partial charge in [0.1, 0.15) is 11.6 Å². The third-order valence-electron chi connectivity index (χ3n) is 4.99. The monoisotopic (exact) mass is 370 g/mol. The van der Waals surface area contributed by atoms with E-state index in [0.717, 1.165) is 50.7 Å². The molecule has 3 heterocycles. The Labute approximate surface area is 161 Å². The summed E-state index contributed by atoms with van der Waals surface area (Å²) < 4.78 is 2.27. The lowest BCUT2D eigenvalue weighted by molar-refractivity contribution is 0.0955. The number of anilines is 1. The molecule has 3 rings (SSSR count). The van der Waals surface area contributed by atoms with Crippen LogP contribution in [0.4, 0.5) is 5.82 Å². The van der Waals surface area contributed by atoms with Gasteiger partial charge in [-0.2, -0.15) is 0 Å². The molecule has 2 aromatic rings. The number of likely N-dealkylation sites (N-methyl/N-ethyl adjacent to an activating group) is 1. The van der Waals surface area contributed by atoms with Crippen LogP contribution in [0.25, 0.3) is 0 Å². The molecule has 1 N–H and O–H groups in total. The molecule has 1 fully saturated rings. The van der Waals surface area contributed by atoms with Crippen molar-refractivity contribution < 1.29 is 4.79 Å². The Kier molecular flexibility index (Phi) is 6.45. The van der Waals surface area contributed by atoms with Crippen molar-refractivity contribution in [1.82, 2.24) is 24.8 Å². The number of carbonyl (C=O) groups excluding carboxylic acids is 1. The lowest BCUT2D eigenvalue weighted by Crippen LogP contribution is -2.36. The molecule has 1 aliphatic rings. The molecule has 1 saturated heterocycles. The van der Waals surface area contributed by atoms with Crippen LogP contribution in [0.5, 0.6) is 0 Å². The first kappa shape index (κ1) is 19.4. The van der Waals surface area contributed by atoms with E-state index in [1.807, 2.05) is 19.2 Å². The number of amides is 1. The number of rotatable bonds is 7. The van der Waals surface area contributed by atoms with Gasteiger partial charge in [-0.25, -0.2) is 9.97 Å². The Morgan fingerprint density at radius 3 is 2.96 bits per heavy atom. The number of piperidine rings is 1. The summed E-state index contributed by atoms with van der Waals surface area (Å²) in [5.74, 6) is 2.36. The van der Waals surface area contributed by atoms with Gasteiger partial charge in [-0.1, -0.05) is 0 Å². The minimum atomic E-state index is -0.0473. The van der Waals surface area contributed by atoms with Gasteiger partial charge < -0.3 is 19.7 Å². The summed E-state index contributed by atoms with van der Waals surface area (Å²) in [7, 11) is 4.18. The minimum Gasteiger partial charge on any atom is -0.356 e. The second kappa shape index (κ2) is 8.99. The third-order valence-corrected chi connectivity index (χ3v) is 4.99. The number of hydrogen-bond donors (Lipinski definition) is 1. The van der Waals surface area contributed by atoms with Crippen molar-refractivity contribution in [3.63, 3.8) is 0 Å². The highest BCUT2D eigenvalue weighted by atomic mass is 16.1. The maximum absolute atomic E-state index is 12.1. The van der Waals surface area contributed by atoms with Crippen molar-refractivity contribution in [1.29, 1.82) is 0 Å². The molecule has 0 radical (unpaired) electrons. The number of pyridine rings is 1. The molecule has 0 aromatic carbocycles. The van der Waals surface area contributed by atoms with E-state index < -0.39 is 0 Å². The average Bonchev–Trinajstić information content (AvgIpc) is 3.15. The van der Waals surface area contributed by atoms with E-state index in [-0.39, 0.29) is 5.91 Å². The first-order valence-electron chi connectivity index (χ1n) is 9.73. The number of imidazole rings is 1. The maximum Gasteiger partial charge on any atom is 0.251 e. The smallest absolute Gasteiger partial charge is 0.251 e.